The summed E-state index contributed by atoms with van der Waals surface area (Å²) in [6, 6.07) is 4.20. The Bertz CT molecular complexity index is 574. The fourth-order valence-electron chi connectivity index (χ4n) is 1.26. The first-order chi connectivity index (χ1) is 8.56. The van der Waals surface area contributed by atoms with E-state index in [-0.39, 0.29) is 5.15 Å². The van der Waals surface area contributed by atoms with Crippen molar-refractivity contribution < 1.29 is 13.2 Å². The standard InChI is InChI=1S/C12H6ClF3N2/c13-12-2-1-8(5-18-12)17-6-9-10(15)3-7(14)4-11(9)16/h1-6H. The smallest absolute Gasteiger partial charge is 0.137 e. The fourth-order valence-corrected chi connectivity index (χ4v) is 1.37. The van der Waals surface area contributed by atoms with E-state index in [2.05, 4.69) is 9.98 Å². The zero-order valence-electron chi connectivity index (χ0n) is 8.87. The second kappa shape index (κ2) is 5.18. The molecule has 1 heterocycles. The van der Waals surface area contributed by atoms with Gasteiger partial charge in [-0.1, -0.05) is 11.6 Å². The van der Waals surface area contributed by atoms with Gasteiger partial charge >= 0.3 is 0 Å². The summed E-state index contributed by atoms with van der Waals surface area (Å²) in [7, 11) is 0. The number of aromatic nitrogens is 1. The van der Waals surface area contributed by atoms with Crippen molar-refractivity contribution in [1.29, 1.82) is 0 Å². The number of benzene rings is 1. The van der Waals surface area contributed by atoms with Crippen molar-refractivity contribution >= 4 is 23.5 Å². The molecule has 6 heteroatoms. The van der Waals surface area contributed by atoms with Crippen LogP contribution in [0.3, 0.4) is 0 Å². The number of hydrogen-bond donors (Lipinski definition) is 0. The van der Waals surface area contributed by atoms with Gasteiger partial charge in [0, 0.05) is 18.3 Å². The van der Waals surface area contributed by atoms with Crippen LogP contribution in [-0.4, -0.2) is 11.2 Å². The molecule has 18 heavy (non-hydrogen) atoms. The normalized spacial score (nSPS) is 11.1. The maximum absolute atomic E-state index is 13.3. The predicted molar refractivity (Wildman–Crippen MR) is 62.8 cm³/mol. The number of halogens is 4. The van der Waals surface area contributed by atoms with Gasteiger partial charge in [-0.15, -0.1) is 0 Å². The van der Waals surface area contributed by atoms with E-state index in [1.807, 2.05) is 0 Å². The predicted octanol–water partition coefficient (Wildman–Crippen LogP) is 3.90. The van der Waals surface area contributed by atoms with Crippen molar-refractivity contribution in [1.82, 2.24) is 4.98 Å². The summed E-state index contributed by atoms with van der Waals surface area (Å²) in [5.74, 6) is -3.01. The van der Waals surface area contributed by atoms with E-state index in [0.717, 1.165) is 6.21 Å². The molecule has 0 radical (unpaired) electrons. The molecule has 92 valence electrons. The quantitative estimate of drug-likeness (QED) is 0.600. The van der Waals surface area contributed by atoms with Crippen molar-refractivity contribution in [2.45, 2.75) is 0 Å². The molecule has 0 aliphatic carbocycles. The van der Waals surface area contributed by atoms with Gasteiger partial charge in [-0.3, -0.25) is 4.99 Å². The highest BCUT2D eigenvalue weighted by Gasteiger charge is 2.09. The van der Waals surface area contributed by atoms with E-state index in [0.29, 0.717) is 17.8 Å². The first kappa shape index (κ1) is 12.6. The van der Waals surface area contributed by atoms with E-state index in [1.165, 1.54) is 18.3 Å². The Hall–Kier alpha value is -1.88. The zero-order chi connectivity index (χ0) is 13.1. The van der Waals surface area contributed by atoms with Crippen molar-refractivity contribution in [3.63, 3.8) is 0 Å². The Kier molecular flexibility index (Phi) is 3.62. The molecule has 0 spiro atoms. The summed E-state index contributed by atoms with van der Waals surface area (Å²) in [6.45, 7) is 0. The highest BCUT2D eigenvalue weighted by Crippen LogP contribution is 2.16. The number of aliphatic imine (C=N–C) groups is 1. The van der Waals surface area contributed by atoms with Gasteiger partial charge in [0.25, 0.3) is 0 Å². The first-order valence-electron chi connectivity index (χ1n) is 4.86. The largest absolute Gasteiger partial charge is 0.254 e. The zero-order valence-corrected chi connectivity index (χ0v) is 9.63. The molecule has 0 atom stereocenters. The third-order valence-corrected chi connectivity index (χ3v) is 2.32. The Morgan fingerprint density at radius 1 is 1.11 bits per heavy atom. The molecule has 0 saturated carbocycles. The van der Waals surface area contributed by atoms with E-state index >= 15 is 0 Å². The van der Waals surface area contributed by atoms with Crippen LogP contribution in [0.5, 0.6) is 0 Å². The molecule has 0 saturated heterocycles. The molecule has 2 nitrogen and oxygen atoms in total. The van der Waals surface area contributed by atoms with Crippen molar-refractivity contribution in [3.05, 3.63) is 58.6 Å². The van der Waals surface area contributed by atoms with Gasteiger partial charge in [-0.05, 0) is 12.1 Å². The van der Waals surface area contributed by atoms with Crippen LogP contribution in [0.4, 0.5) is 18.9 Å². The SMILES string of the molecule is Fc1cc(F)c(C=Nc2ccc(Cl)nc2)c(F)c1. The monoisotopic (exact) mass is 270 g/mol. The third kappa shape index (κ3) is 2.87. The summed E-state index contributed by atoms with van der Waals surface area (Å²) in [5, 5.41) is 0.285. The number of pyridine rings is 1. The Labute approximate surface area is 106 Å². The van der Waals surface area contributed by atoms with Crippen LogP contribution < -0.4 is 0 Å². The summed E-state index contributed by atoms with van der Waals surface area (Å²) in [6.07, 6.45) is 2.31. The van der Waals surface area contributed by atoms with Gasteiger partial charge in [0.2, 0.25) is 0 Å². The minimum absolute atomic E-state index is 0.285. The first-order valence-corrected chi connectivity index (χ1v) is 5.24. The molecule has 0 aliphatic heterocycles. The van der Waals surface area contributed by atoms with Crippen LogP contribution in [0.2, 0.25) is 5.15 Å². The van der Waals surface area contributed by atoms with Crippen LogP contribution in [0.1, 0.15) is 5.56 Å². The Balaban J connectivity index is 2.31. The molecule has 1 aromatic heterocycles. The lowest BCUT2D eigenvalue weighted by molar-refractivity contribution is 0.541. The van der Waals surface area contributed by atoms with E-state index < -0.39 is 23.0 Å². The van der Waals surface area contributed by atoms with Crippen LogP contribution in [0, 0.1) is 17.5 Å². The maximum Gasteiger partial charge on any atom is 0.137 e. The molecule has 0 unspecified atom stereocenters. The van der Waals surface area contributed by atoms with Crippen molar-refractivity contribution in [2.75, 3.05) is 0 Å². The van der Waals surface area contributed by atoms with E-state index in [9.17, 15) is 13.2 Å². The van der Waals surface area contributed by atoms with Crippen molar-refractivity contribution in [3.8, 4) is 0 Å². The summed E-state index contributed by atoms with van der Waals surface area (Å²) >= 11 is 5.57. The van der Waals surface area contributed by atoms with E-state index in [1.54, 1.807) is 0 Å². The Morgan fingerprint density at radius 2 is 1.78 bits per heavy atom. The molecular weight excluding hydrogens is 265 g/mol. The summed E-state index contributed by atoms with van der Waals surface area (Å²) < 4.78 is 39.2. The molecule has 0 aliphatic rings. The van der Waals surface area contributed by atoms with Gasteiger partial charge in [-0.25, -0.2) is 18.2 Å². The van der Waals surface area contributed by atoms with Gasteiger partial charge in [0.15, 0.2) is 0 Å². The lowest BCUT2D eigenvalue weighted by Crippen LogP contribution is -1.95. The molecular formula is C12H6ClF3N2. The topological polar surface area (TPSA) is 25.2 Å². The van der Waals surface area contributed by atoms with Crippen molar-refractivity contribution in [2.24, 2.45) is 4.99 Å². The summed E-state index contributed by atoms with van der Waals surface area (Å²) in [5.41, 5.74) is -0.0334. The average Bonchev–Trinajstić information content (AvgIpc) is 2.30. The molecule has 2 aromatic rings. The highest BCUT2D eigenvalue weighted by molar-refractivity contribution is 6.29. The molecule has 0 bridgehead atoms. The van der Waals surface area contributed by atoms with Crippen LogP contribution in [0.15, 0.2) is 35.5 Å². The second-order valence-electron chi connectivity index (χ2n) is 3.38. The second-order valence-corrected chi connectivity index (χ2v) is 3.77. The number of hydrogen-bond acceptors (Lipinski definition) is 2. The molecule has 1 aromatic carbocycles. The third-order valence-electron chi connectivity index (χ3n) is 2.10. The van der Waals surface area contributed by atoms with Gasteiger partial charge in [0.05, 0.1) is 17.4 Å². The van der Waals surface area contributed by atoms with Crippen LogP contribution >= 0.6 is 11.6 Å². The molecule has 0 amide bonds. The Morgan fingerprint density at radius 3 is 2.33 bits per heavy atom. The van der Waals surface area contributed by atoms with Crippen LogP contribution in [0.25, 0.3) is 0 Å². The van der Waals surface area contributed by atoms with Crippen LogP contribution in [-0.2, 0) is 0 Å². The maximum atomic E-state index is 13.3. The average molecular weight is 271 g/mol. The molecule has 2 rings (SSSR count). The van der Waals surface area contributed by atoms with Gasteiger partial charge in [-0.2, -0.15) is 0 Å². The van der Waals surface area contributed by atoms with Gasteiger partial charge < -0.3 is 0 Å². The molecule has 0 fully saturated rings. The van der Waals surface area contributed by atoms with Gasteiger partial charge in [0.1, 0.15) is 22.6 Å². The highest BCUT2D eigenvalue weighted by atomic mass is 35.5. The minimum atomic E-state index is -1.02. The number of rotatable bonds is 2. The fraction of sp³-hybridized carbons (Fsp3) is 0. The lowest BCUT2D eigenvalue weighted by atomic mass is 10.2. The summed E-state index contributed by atoms with van der Waals surface area (Å²) in [4.78, 5) is 7.57. The lowest BCUT2D eigenvalue weighted by Gasteiger charge is -1.99. The van der Waals surface area contributed by atoms with E-state index in [4.69, 9.17) is 11.6 Å². The molecule has 0 N–H and O–H groups in total. The minimum Gasteiger partial charge on any atom is -0.254 e. The number of nitrogens with zero attached hydrogens (tertiary/aromatic N) is 2.